The monoisotopic (exact) mass is 439 g/mol. The average Bonchev–Trinajstić information content (AvgIpc) is 2.82. The Bertz CT molecular complexity index is 1300. The summed E-state index contributed by atoms with van der Waals surface area (Å²) in [6.07, 6.45) is 0.914. The van der Waals surface area contributed by atoms with Gasteiger partial charge in [-0.3, -0.25) is 23.9 Å². The van der Waals surface area contributed by atoms with Crippen LogP contribution in [0.5, 0.6) is 0 Å². The van der Waals surface area contributed by atoms with Gasteiger partial charge in [-0.15, -0.1) is 0 Å². The lowest BCUT2D eigenvalue weighted by atomic mass is 9.96. The molecule has 4 rings (SSSR count). The molecule has 166 valence electrons. The molecule has 0 unspecified atom stereocenters. The van der Waals surface area contributed by atoms with Crippen molar-refractivity contribution in [2.45, 2.75) is 19.4 Å². The summed E-state index contributed by atoms with van der Waals surface area (Å²) in [7, 11) is 1.33. The first-order valence-electron chi connectivity index (χ1n) is 10.3. The van der Waals surface area contributed by atoms with Crippen molar-refractivity contribution in [2.75, 3.05) is 20.2 Å². The normalized spacial score (nSPS) is 14.5. The number of hydrogen-bond acceptors (Lipinski definition) is 5. The molecule has 2 heterocycles. The van der Waals surface area contributed by atoms with Gasteiger partial charge in [0.15, 0.2) is 0 Å². The number of methoxy groups -OCH3 is 1. The Hall–Kier alpha value is -3.75. The van der Waals surface area contributed by atoms with Crippen molar-refractivity contribution >= 4 is 22.8 Å². The summed E-state index contributed by atoms with van der Waals surface area (Å²) in [6, 6.07) is 10.8. The minimum Gasteiger partial charge on any atom is -0.469 e. The Balaban J connectivity index is 1.60. The number of piperidine rings is 1. The van der Waals surface area contributed by atoms with Gasteiger partial charge in [0.1, 0.15) is 5.82 Å². The molecule has 8 nitrogen and oxygen atoms in total. The molecule has 1 aromatic heterocycles. The summed E-state index contributed by atoms with van der Waals surface area (Å²) in [5.41, 5.74) is -0.175. The number of nitrogens with zero attached hydrogens (tertiary/aromatic N) is 2. The van der Waals surface area contributed by atoms with Gasteiger partial charge in [-0.25, -0.2) is 9.18 Å². The molecule has 9 heteroatoms. The molecule has 0 radical (unpaired) electrons. The van der Waals surface area contributed by atoms with Crippen LogP contribution in [-0.2, 0) is 16.1 Å². The lowest BCUT2D eigenvalue weighted by Gasteiger charge is -2.31. The van der Waals surface area contributed by atoms with E-state index < -0.39 is 23.0 Å². The first kappa shape index (κ1) is 21.5. The lowest BCUT2D eigenvalue weighted by Crippen LogP contribution is -2.40. The fourth-order valence-electron chi connectivity index (χ4n) is 4.07. The first-order chi connectivity index (χ1) is 15.4. The second kappa shape index (κ2) is 8.78. The van der Waals surface area contributed by atoms with Crippen LogP contribution in [0.15, 0.2) is 52.1 Å². The Kier molecular flexibility index (Phi) is 5.89. The van der Waals surface area contributed by atoms with Crippen LogP contribution in [0.25, 0.3) is 10.9 Å². The van der Waals surface area contributed by atoms with Gasteiger partial charge in [0, 0.05) is 13.1 Å². The zero-order valence-electron chi connectivity index (χ0n) is 17.5. The van der Waals surface area contributed by atoms with Crippen molar-refractivity contribution in [3.63, 3.8) is 0 Å². The molecule has 1 aliphatic heterocycles. The third kappa shape index (κ3) is 4.05. The molecular weight excluding hydrogens is 417 g/mol. The van der Waals surface area contributed by atoms with E-state index in [1.807, 2.05) is 0 Å². The van der Waals surface area contributed by atoms with E-state index in [1.165, 1.54) is 34.8 Å². The highest BCUT2D eigenvalue weighted by Crippen LogP contribution is 2.22. The van der Waals surface area contributed by atoms with E-state index in [2.05, 4.69) is 4.98 Å². The van der Waals surface area contributed by atoms with Crippen molar-refractivity contribution in [1.29, 1.82) is 0 Å². The number of amides is 1. The Morgan fingerprint density at radius 2 is 1.84 bits per heavy atom. The Morgan fingerprint density at radius 3 is 2.56 bits per heavy atom. The smallest absolute Gasteiger partial charge is 0.329 e. The van der Waals surface area contributed by atoms with E-state index in [0.29, 0.717) is 42.4 Å². The van der Waals surface area contributed by atoms with Crippen LogP contribution in [0.4, 0.5) is 4.39 Å². The van der Waals surface area contributed by atoms with Gasteiger partial charge in [0.25, 0.3) is 11.5 Å². The molecular formula is C23H22FN3O5. The van der Waals surface area contributed by atoms with Crippen molar-refractivity contribution < 1.29 is 18.7 Å². The standard InChI is InChI=1S/C23H22FN3O5/c1-32-22(30)15-8-10-26(11-9-15)21(29)17-12-14(6-7-18(17)24)13-27-19-5-3-2-4-16(19)20(28)25-23(27)31/h2-7,12,15H,8-11,13H2,1H3,(H,25,28,31). The average molecular weight is 439 g/mol. The van der Waals surface area contributed by atoms with Crippen LogP contribution >= 0.6 is 0 Å². The maximum atomic E-state index is 14.5. The van der Waals surface area contributed by atoms with Gasteiger partial charge in [0.05, 0.1) is 36.0 Å². The predicted molar refractivity (Wildman–Crippen MR) is 115 cm³/mol. The minimum absolute atomic E-state index is 0.0566. The van der Waals surface area contributed by atoms with Crippen LogP contribution in [0, 0.1) is 11.7 Å². The lowest BCUT2D eigenvalue weighted by molar-refractivity contribution is -0.146. The van der Waals surface area contributed by atoms with E-state index in [4.69, 9.17) is 4.74 Å². The van der Waals surface area contributed by atoms with Gasteiger partial charge >= 0.3 is 11.7 Å². The largest absolute Gasteiger partial charge is 0.469 e. The number of para-hydroxylation sites is 1. The summed E-state index contributed by atoms with van der Waals surface area (Å²) in [5, 5.41) is 0.360. The molecule has 0 spiro atoms. The Labute approximate surface area is 182 Å². The molecule has 1 amide bonds. The number of nitrogens with one attached hydrogen (secondary N) is 1. The molecule has 0 saturated carbocycles. The number of likely N-dealkylation sites (tertiary alicyclic amines) is 1. The van der Waals surface area contributed by atoms with Crippen LogP contribution in [0.1, 0.15) is 28.8 Å². The number of ether oxygens (including phenoxy) is 1. The van der Waals surface area contributed by atoms with Crippen molar-refractivity contribution in [3.8, 4) is 0 Å². The molecule has 32 heavy (non-hydrogen) atoms. The summed E-state index contributed by atoms with van der Waals surface area (Å²) in [5.74, 6) is -1.69. The highest BCUT2D eigenvalue weighted by molar-refractivity contribution is 5.95. The predicted octanol–water partition coefficient (Wildman–Crippen LogP) is 1.90. The molecule has 0 aliphatic carbocycles. The van der Waals surface area contributed by atoms with E-state index >= 15 is 0 Å². The van der Waals surface area contributed by atoms with Crippen LogP contribution in [0.3, 0.4) is 0 Å². The number of esters is 1. The molecule has 0 atom stereocenters. The maximum absolute atomic E-state index is 14.5. The number of benzene rings is 2. The van der Waals surface area contributed by atoms with Gasteiger partial charge in [0.2, 0.25) is 0 Å². The van der Waals surface area contributed by atoms with Crippen LogP contribution < -0.4 is 11.2 Å². The molecule has 3 aromatic rings. The van der Waals surface area contributed by atoms with E-state index in [1.54, 1.807) is 24.3 Å². The number of hydrogen-bond donors (Lipinski definition) is 1. The maximum Gasteiger partial charge on any atom is 0.329 e. The second-order valence-electron chi connectivity index (χ2n) is 7.77. The third-order valence-corrected chi connectivity index (χ3v) is 5.82. The summed E-state index contributed by atoms with van der Waals surface area (Å²) >= 11 is 0. The van der Waals surface area contributed by atoms with Gasteiger partial charge in [-0.2, -0.15) is 0 Å². The van der Waals surface area contributed by atoms with Crippen molar-refractivity contribution in [3.05, 3.63) is 80.2 Å². The Morgan fingerprint density at radius 1 is 1.12 bits per heavy atom. The SMILES string of the molecule is COC(=O)C1CCN(C(=O)c2cc(Cn3c(=O)[nH]c(=O)c4ccccc43)ccc2F)CC1. The van der Waals surface area contributed by atoms with Crippen molar-refractivity contribution in [1.82, 2.24) is 14.5 Å². The van der Waals surface area contributed by atoms with Gasteiger partial charge < -0.3 is 9.64 Å². The van der Waals surface area contributed by atoms with Crippen molar-refractivity contribution in [2.24, 2.45) is 5.92 Å². The fraction of sp³-hybridized carbons (Fsp3) is 0.304. The molecule has 0 bridgehead atoms. The second-order valence-corrected chi connectivity index (χ2v) is 7.77. The molecule has 2 aromatic carbocycles. The third-order valence-electron chi connectivity index (χ3n) is 5.82. The number of carbonyl (C=O) groups is 2. The highest BCUT2D eigenvalue weighted by Gasteiger charge is 2.29. The quantitative estimate of drug-likeness (QED) is 0.626. The van der Waals surface area contributed by atoms with E-state index in [-0.39, 0.29) is 24.0 Å². The fourth-order valence-corrected chi connectivity index (χ4v) is 4.07. The zero-order chi connectivity index (χ0) is 22.8. The number of H-pyrrole nitrogens is 1. The zero-order valence-corrected chi connectivity index (χ0v) is 17.5. The molecule has 1 aliphatic rings. The van der Waals surface area contributed by atoms with Gasteiger partial charge in [-0.05, 0) is 42.7 Å². The number of aromatic amines is 1. The van der Waals surface area contributed by atoms with Crippen LogP contribution in [-0.4, -0.2) is 46.5 Å². The van der Waals surface area contributed by atoms with E-state index in [9.17, 15) is 23.6 Å². The number of rotatable bonds is 4. The number of fused-ring (bicyclic) bond motifs is 1. The van der Waals surface area contributed by atoms with Crippen LogP contribution in [0.2, 0.25) is 0 Å². The van der Waals surface area contributed by atoms with Gasteiger partial charge in [-0.1, -0.05) is 18.2 Å². The summed E-state index contributed by atoms with van der Waals surface area (Å²) < 4.78 is 20.7. The summed E-state index contributed by atoms with van der Waals surface area (Å²) in [4.78, 5) is 52.9. The molecule has 1 N–H and O–H groups in total. The number of halogens is 1. The number of carbonyl (C=O) groups excluding carboxylic acids is 2. The minimum atomic E-state index is -0.660. The summed E-state index contributed by atoms with van der Waals surface area (Å²) in [6.45, 7) is 0.708. The molecule has 1 fully saturated rings. The number of aromatic nitrogens is 2. The first-order valence-corrected chi connectivity index (χ1v) is 10.3. The topological polar surface area (TPSA) is 101 Å². The highest BCUT2D eigenvalue weighted by atomic mass is 19.1. The molecule has 1 saturated heterocycles. The van der Waals surface area contributed by atoms with E-state index in [0.717, 1.165) is 0 Å².